The average Bonchev–Trinajstić information content (AvgIpc) is 2.51. The monoisotopic (exact) mass is 272 g/mol. The number of hydrogen-bond acceptors (Lipinski definition) is 4. The molecule has 0 saturated carbocycles. The molecule has 0 spiro atoms. The number of carbonyl (C=O) groups excluding carboxylic acids is 1. The standard InChI is InChI=1S/C16H16O4/c1-18-12-20-16-9-5-8-15(14(16)10-17)19-11-13-6-3-2-4-7-13/h2-10H,11-12H2,1H3. The van der Waals surface area contributed by atoms with Crippen LogP contribution in [0, 0.1) is 0 Å². The van der Waals surface area contributed by atoms with E-state index in [1.807, 2.05) is 30.3 Å². The van der Waals surface area contributed by atoms with Gasteiger partial charge in [0.1, 0.15) is 18.1 Å². The number of aldehydes is 1. The van der Waals surface area contributed by atoms with Crippen LogP contribution in [0.1, 0.15) is 15.9 Å². The quantitative estimate of drug-likeness (QED) is 0.574. The van der Waals surface area contributed by atoms with Crippen LogP contribution in [0.15, 0.2) is 48.5 Å². The lowest BCUT2D eigenvalue weighted by Crippen LogP contribution is -2.04. The van der Waals surface area contributed by atoms with E-state index in [1.165, 1.54) is 7.11 Å². The predicted molar refractivity (Wildman–Crippen MR) is 75.1 cm³/mol. The Hall–Kier alpha value is -2.33. The first-order valence-corrected chi connectivity index (χ1v) is 6.22. The van der Waals surface area contributed by atoms with Crippen molar-refractivity contribution in [3.05, 3.63) is 59.7 Å². The highest BCUT2D eigenvalue weighted by Gasteiger charge is 2.10. The summed E-state index contributed by atoms with van der Waals surface area (Å²) in [5.41, 5.74) is 1.42. The van der Waals surface area contributed by atoms with Gasteiger partial charge in [-0.1, -0.05) is 36.4 Å². The van der Waals surface area contributed by atoms with E-state index >= 15 is 0 Å². The Balaban J connectivity index is 2.12. The molecule has 0 aromatic heterocycles. The van der Waals surface area contributed by atoms with E-state index in [4.69, 9.17) is 14.2 Å². The van der Waals surface area contributed by atoms with Crippen molar-refractivity contribution in [2.24, 2.45) is 0 Å². The van der Waals surface area contributed by atoms with Gasteiger partial charge < -0.3 is 14.2 Å². The molecule has 2 aromatic rings. The van der Waals surface area contributed by atoms with Crippen molar-refractivity contribution in [3.63, 3.8) is 0 Å². The zero-order chi connectivity index (χ0) is 14.2. The highest BCUT2D eigenvalue weighted by molar-refractivity contribution is 5.83. The Morgan fingerprint density at radius 1 is 0.950 bits per heavy atom. The van der Waals surface area contributed by atoms with E-state index in [0.717, 1.165) is 11.8 Å². The molecule has 2 aromatic carbocycles. The Labute approximate surface area is 117 Å². The topological polar surface area (TPSA) is 44.8 Å². The summed E-state index contributed by atoms with van der Waals surface area (Å²) in [4.78, 5) is 11.2. The normalized spacial score (nSPS) is 10.1. The van der Waals surface area contributed by atoms with Crippen LogP contribution in [-0.4, -0.2) is 20.2 Å². The third kappa shape index (κ3) is 3.59. The third-order valence-corrected chi connectivity index (χ3v) is 2.71. The summed E-state index contributed by atoms with van der Waals surface area (Å²) < 4.78 is 15.9. The Bertz CT molecular complexity index is 552. The van der Waals surface area contributed by atoms with E-state index in [1.54, 1.807) is 18.2 Å². The maximum absolute atomic E-state index is 11.2. The van der Waals surface area contributed by atoms with E-state index in [9.17, 15) is 4.79 Å². The number of benzene rings is 2. The van der Waals surface area contributed by atoms with Gasteiger partial charge in [0.25, 0.3) is 0 Å². The van der Waals surface area contributed by atoms with Crippen LogP contribution in [0.4, 0.5) is 0 Å². The van der Waals surface area contributed by atoms with Gasteiger partial charge in [-0.15, -0.1) is 0 Å². The second kappa shape index (κ2) is 7.31. The van der Waals surface area contributed by atoms with Crippen molar-refractivity contribution in [3.8, 4) is 11.5 Å². The molecule has 2 rings (SSSR count). The van der Waals surface area contributed by atoms with E-state index in [-0.39, 0.29) is 6.79 Å². The van der Waals surface area contributed by atoms with Crippen molar-refractivity contribution < 1.29 is 19.0 Å². The molecule has 4 heteroatoms. The van der Waals surface area contributed by atoms with Crippen molar-refractivity contribution in [2.45, 2.75) is 6.61 Å². The van der Waals surface area contributed by atoms with Gasteiger partial charge in [-0.3, -0.25) is 4.79 Å². The molecule has 0 radical (unpaired) electrons. The van der Waals surface area contributed by atoms with Crippen LogP contribution in [-0.2, 0) is 11.3 Å². The fourth-order valence-corrected chi connectivity index (χ4v) is 1.75. The van der Waals surface area contributed by atoms with Gasteiger partial charge in [0.05, 0.1) is 5.56 Å². The molecule has 0 aliphatic carbocycles. The van der Waals surface area contributed by atoms with Gasteiger partial charge in [-0.2, -0.15) is 0 Å². The molecule has 0 fully saturated rings. The van der Waals surface area contributed by atoms with Crippen LogP contribution < -0.4 is 9.47 Å². The number of ether oxygens (including phenoxy) is 3. The second-order valence-corrected chi connectivity index (χ2v) is 4.11. The zero-order valence-electron chi connectivity index (χ0n) is 11.2. The van der Waals surface area contributed by atoms with E-state index < -0.39 is 0 Å². The molecule has 0 aliphatic rings. The summed E-state index contributed by atoms with van der Waals surface area (Å²) in [5.74, 6) is 0.949. The Kier molecular flexibility index (Phi) is 5.15. The summed E-state index contributed by atoms with van der Waals surface area (Å²) in [7, 11) is 1.52. The maximum Gasteiger partial charge on any atom is 0.188 e. The van der Waals surface area contributed by atoms with Crippen molar-refractivity contribution in [1.82, 2.24) is 0 Å². The highest BCUT2D eigenvalue weighted by Crippen LogP contribution is 2.27. The molecule has 0 amide bonds. The highest BCUT2D eigenvalue weighted by atomic mass is 16.7. The van der Waals surface area contributed by atoms with E-state index in [0.29, 0.717) is 23.7 Å². The molecule has 0 saturated heterocycles. The lowest BCUT2D eigenvalue weighted by molar-refractivity contribution is 0.0503. The summed E-state index contributed by atoms with van der Waals surface area (Å²) >= 11 is 0. The first-order chi connectivity index (χ1) is 9.85. The van der Waals surface area contributed by atoms with Crippen LogP contribution in [0.2, 0.25) is 0 Å². The minimum atomic E-state index is 0.0863. The summed E-state index contributed by atoms with van der Waals surface area (Å²) in [5, 5.41) is 0. The number of rotatable bonds is 7. The second-order valence-electron chi connectivity index (χ2n) is 4.11. The fraction of sp³-hybridized carbons (Fsp3) is 0.188. The first-order valence-electron chi connectivity index (χ1n) is 6.22. The van der Waals surface area contributed by atoms with Crippen molar-refractivity contribution in [2.75, 3.05) is 13.9 Å². The molecule has 4 nitrogen and oxygen atoms in total. The minimum Gasteiger partial charge on any atom is -0.488 e. The SMILES string of the molecule is COCOc1cccc(OCc2ccccc2)c1C=O. The molecular formula is C16H16O4. The first kappa shape index (κ1) is 14.1. The molecule has 0 atom stereocenters. The zero-order valence-corrected chi connectivity index (χ0v) is 11.2. The van der Waals surface area contributed by atoms with Gasteiger partial charge in [0.2, 0.25) is 0 Å². The summed E-state index contributed by atoms with van der Waals surface area (Å²) in [6, 6.07) is 15.0. The van der Waals surface area contributed by atoms with Gasteiger partial charge >= 0.3 is 0 Å². The predicted octanol–water partition coefficient (Wildman–Crippen LogP) is 3.06. The molecule has 20 heavy (non-hydrogen) atoms. The number of hydrogen-bond donors (Lipinski definition) is 0. The fourth-order valence-electron chi connectivity index (χ4n) is 1.75. The van der Waals surface area contributed by atoms with Crippen LogP contribution in [0.25, 0.3) is 0 Å². The third-order valence-electron chi connectivity index (χ3n) is 2.71. The molecule has 0 aliphatic heterocycles. The summed E-state index contributed by atoms with van der Waals surface area (Å²) in [6.07, 6.45) is 0.728. The lowest BCUT2D eigenvalue weighted by atomic mass is 10.2. The molecule has 0 unspecified atom stereocenters. The Morgan fingerprint density at radius 2 is 1.65 bits per heavy atom. The smallest absolute Gasteiger partial charge is 0.188 e. The van der Waals surface area contributed by atoms with Gasteiger partial charge in [0.15, 0.2) is 13.1 Å². The largest absolute Gasteiger partial charge is 0.488 e. The summed E-state index contributed by atoms with van der Waals surface area (Å²) in [6.45, 7) is 0.485. The maximum atomic E-state index is 11.2. The van der Waals surface area contributed by atoms with E-state index in [2.05, 4.69) is 0 Å². The lowest BCUT2D eigenvalue weighted by Gasteiger charge is -2.12. The minimum absolute atomic E-state index is 0.0863. The number of carbonyl (C=O) groups is 1. The van der Waals surface area contributed by atoms with Crippen molar-refractivity contribution in [1.29, 1.82) is 0 Å². The van der Waals surface area contributed by atoms with Crippen LogP contribution in [0.3, 0.4) is 0 Å². The molecule has 0 heterocycles. The van der Waals surface area contributed by atoms with Gasteiger partial charge in [-0.25, -0.2) is 0 Å². The molecule has 0 bridgehead atoms. The molecule has 0 N–H and O–H groups in total. The Morgan fingerprint density at radius 3 is 2.30 bits per heavy atom. The molecule has 104 valence electrons. The van der Waals surface area contributed by atoms with Crippen molar-refractivity contribution >= 4 is 6.29 Å². The van der Waals surface area contributed by atoms with Crippen LogP contribution in [0.5, 0.6) is 11.5 Å². The molecular weight excluding hydrogens is 256 g/mol. The van der Waals surface area contributed by atoms with Gasteiger partial charge in [-0.05, 0) is 17.7 Å². The van der Waals surface area contributed by atoms with Gasteiger partial charge in [0, 0.05) is 7.11 Å². The number of methoxy groups -OCH3 is 1. The average molecular weight is 272 g/mol. The van der Waals surface area contributed by atoms with Crippen LogP contribution >= 0.6 is 0 Å².